The summed E-state index contributed by atoms with van der Waals surface area (Å²) >= 11 is 0. The number of aliphatic hydroxyl groups is 1. The van der Waals surface area contributed by atoms with Gasteiger partial charge in [0.2, 0.25) is 5.91 Å². The Labute approximate surface area is 140 Å². The zero-order chi connectivity index (χ0) is 17.2. The number of ether oxygens (including phenoxy) is 1. The Morgan fingerprint density at radius 1 is 1.17 bits per heavy atom. The van der Waals surface area contributed by atoms with Crippen molar-refractivity contribution < 1.29 is 23.4 Å². The fourth-order valence-electron chi connectivity index (χ4n) is 3.66. The highest BCUT2D eigenvalue weighted by molar-refractivity contribution is 5.89. The van der Waals surface area contributed by atoms with Gasteiger partial charge >= 0.3 is 0 Å². The number of nitrogens with one attached hydrogen (secondary N) is 1. The van der Waals surface area contributed by atoms with Crippen molar-refractivity contribution in [1.82, 2.24) is 5.32 Å². The largest absolute Gasteiger partial charge is 0.390 e. The summed E-state index contributed by atoms with van der Waals surface area (Å²) < 4.78 is 33.5. The number of carbonyl (C=O) groups is 1. The Kier molecular flexibility index (Phi) is 4.88. The highest BCUT2D eigenvalue weighted by atomic mass is 19.1. The number of hydrogen-bond acceptors (Lipinski definition) is 3. The Balaban J connectivity index is 1.66. The summed E-state index contributed by atoms with van der Waals surface area (Å²) in [6.07, 6.45) is 3.13. The van der Waals surface area contributed by atoms with E-state index in [-0.39, 0.29) is 18.0 Å². The van der Waals surface area contributed by atoms with Crippen LogP contribution in [0.3, 0.4) is 0 Å². The summed E-state index contributed by atoms with van der Waals surface area (Å²) in [6, 6.07) is 3.69. The third-order valence-corrected chi connectivity index (χ3v) is 5.38. The number of hydrogen-bond donors (Lipinski definition) is 2. The van der Waals surface area contributed by atoms with Crippen molar-refractivity contribution in [2.24, 2.45) is 0 Å². The molecule has 0 unspecified atom stereocenters. The Morgan fingerprint density at radius 3 is 2.33 bits per heavy atom. The second-order valence-electron chi connectivity index (χ2n) is 6.87. The van der Waals surface area contributed by atoms with Crippen LogP contribution < -0.4 is 5.32 Å². The molecule has 1 saturated heterocycles. The molecule has 1 saturated carbocycles. The third-order valence-electron chi connectivity index (χ3n) is 5.38. The molecule has 3 rings (SSSR count). The molecular weight excluding hydrogens is 316 g/mol. The zero-order valence-electron chi connectivity index (χ0n) is 13.6. The molecule has 1 aliphatic heterocycles. The average Bonchev–Trinajstić information content (AvgIpc) is 2.49. The molecule has 1 aromatic carbocycles. The predicted octanol–water partition coefficient (Wildman–Crippen LogP) is 2.43. The topological polar surface area (TPSA) is 58.6 Å². The first kappa shape index (κ1) is 17.3. The van der Waals surface area contributed by atoms with Gasteiger partial charge in [0.25, 0.3) is 0 Å². The first-order valence-corrected chi connectivity index (χ1v) is 8.50. The Morgan fingerprint density at radius 2 is 1.79 bits per heavy atom. The van der Waals surface area contributed by atoms with Crippen molar-refractivity contribution in [2.75, 3.05) is 19.8 Å². The van der Waals surface area contributed by atoms with Crippen molar-refractivity contribution >= 4 is 5.91 Å². The van der Waals surface area contributed by atoms with Crippen LogP contribution in [-0.2, 0) is 14.9 Å². The van der Waals surface area contributed by atoms with Crippen LogP contribution in [0.25, 0.3) is 0 Å². The van der Waals surface area contributed by atoms with Crippen LogP contribution in [0.15, 0.2) is 18.2 Å². The van der Waals surface area contributed by atoms with E-state index in [9.17, 15) is 18.7 Å². The minimum Gasteiger partial charge on any atom is -0.390 e. The number of rotatable bonds is 5. The van der Waals surface area contributed by atoms with E-state index in [4.69, 9.17) is 4.74 Å². The van der Waals surface area contributed by atoms with Gasteiger partial charge in [-0.3, -0.25) is 4.79 Å². The summed E-state index contributed by atoms with van der Waals surface area (Å²) in [7, 11) is 0. The van der Waals surface area contributed by atoms with Gasteiger partial charge in [0.05, 0.1) is 11.0 Å². The summed E-state index contributed by atoms with van der Waals surface area (Å²) in [4.78, 5) is 12.6. The highest BCUT2D eigenvalue weighted by Gasteiger charge is 2.48. The van der Waals surface area contributed by atoms with Crippen LogP contribution in [0.4, 0.5) is 8.78 Å². The Bertz CT molecular complexity index is 590. The normalized spacial score (nSPS) is 21.8. The van der Waals surface area contributed by atoms with E-state index in [0.717, 1.165) is 6.42 Å². The van der Waals surface area contributed by atoms with Crippen molar-refractivity contribution in [2.45, 2.75) is 49.5 Å². The quantitative estimate of drug-likeness (QED) is 0.866. The third kappa shape index (κ3) is 3.17. The van der Waals surface area contributed by atoms with Crippen molar-refractivity contribution in [3.63, 3.8) is 0 Å². The lowest BCUT2D eigenvalue weighted by Crippen LogP contribution is -2.51. The highest BCUT2D eigenvalue weighted by Crippen LogP contribution is 2.46. The number of benzene rings is 1. The molecule has 2 N–H and O–H groups in total. The smallest absolute Gasteiger partial charge is 0.230 e. The molecule has 0 atom stereocenters. The standard InChI is InChI=1S/C18H23F2NO3/c19-13-3-1-4-14(20)15(13)18(5-2-6-18)16(22)21-10-7-17(23)8-11-24-12-9-17/h1,3-4,23H,2,5-12H2,(H,21,22). The van der Waals surface area contributed by atoms with Gasteiger partial charge in [-0.05, 0) is 44.2 Å². The average molecular weight is 339 g/mol. The molecule has 0 spiro atoms. The first-order chi connectivity index (χ1) is 11.5. The zero-order valence-corrected chi connectivity index (χ0v) is 13.6. The maximum absolute atomic E-state index is 14.1. The summed E-state index contributed by atoms with van der Waals surface area (Å²) in [5.74, 6) is -1.70. The van der Waals surface area contributed by atoms with Gasteiger partial charge in [0, 0.05) is 25.3 Å². The predicted molar refractivity (Wildman–Crippen MR) is 84.5 cm³/mol. The Hall–Kier alpha value is -1.53. The molecule has 1 heterocycles. The van der Waals surface area contributed by atoms with Crippen LogP contribution in [0.2, 0.25) is 0 Å². The molecule has 1 amide bonds. The molecule has 24 heavy (non-hydrogen) atoms. The summed E-state index contributed by atoms with van der Waals surface area (Å²) in [5.41, 5.74) is -2.08. The molecule has 132 valence electrons. The summed E-state index contributed by atoms with van der Waals surface area (Å²) in [5, 5.41) is 13.2. The van der Waals surface area contributed by atoms with Crippen LogP contribution in [0.1, 0.15) is 44.1 Å². The van der Waals surface area contributed by atoms with E-state index >= 15 is 0 Å². The molecule has 2 aliphatic rings. The molecule has 2 fully saturated rings. The molecule has 1 aliphatic carbocycles. The van der Waals surface area contributed by atoms with Gasteiger partial charge < -0.3 is 15.2 Å². The molecule has 6 heteroatoms. The van der Waals surface area contributed by atoms with Crippen molar-refractivity contribution in [1.29, 1.82) is 0 Å². The van der Waals surface area contributed by atoms with E-state index in [2.05, 4.69) is 5.32 Å². The van der Waals surface area contributed by atoms with E-state index in [1.165, 1.54) is 18.2 Å². The number of carbonyl (C=O) groups excluding carboxylic acids is 1. The second-order valence-corrected chi connectivity index (χ2v) is 6.87. The monoisotopic (exact) mass is 339 g/mol. The van der Waals surface area contributed by atoms with Crippen molar-refractivity contribution in [3.8, 4) is 0 Å². The van der Waals surface area contributed by atoms with E-state index in [0.29, 0.717) is 45.3 Å². The van der Waals surface area contributed by atoms with Gasteiger partial charge in [-0.25, -0.2) is 8.78 Å². The van der Waals surface area contributed by atoms with Crippen LogP contribution in [0, 0.1) is 11.6 Å². The maximum Gasteiger partial charge on any atom is 0.230 e. The van der Waals surface area contributed by atoms with Gasteiger partial charge in [0.1, 0.15) is 11.6 Å². The number of halogens is 2. The molecular formula is C18H23F2NO3. The van der Waals surface area contributed by atoms with Crippen LogP contribution in [0.5, 0.6) is 0 Å². The fourth-order valence-corrected chi connectivity index (χ4v) is 3.66. The van der Waals surface area contributed by atoms with Gasteiger partial charge in [0.15, 0.2) is 0 Å². The van der Waals surface area contributed by atoms with Gasteiger partial charge in [-0.2, -0.15) is 0 Å². The van der Waals surface area contributed by atoms with Gasteiger partial charge in [-0.15, -0.1) is 0 Å². The molecule has 0 radical (unpaired) electrons. The van der Waals surface area contributed by atoms with Crippen LogP contribution >= 0.6 is 0 Å². The first-order valence-electron chi connectivity index (χ1n) is 8.50. The molecule has 1 aromatic rings. The molecule has 0 aromatic heterocycles. The lowest BCUT2D eigenvalue weighted by atomic mass is 9.63. The maximum atomic E-state index is 14.1. The lowest BCUT2D eigenvalue weighted by molar-refractivity contribution is -0.130. The minimum absolute atomic E-state index is 0.126. The van der Waals surface area contributed by atoms with Crippen LogP contribution in [-0.4, -0.2) is 36.4 Å². The van der Waals surface area contributed by atoms with Crippen molar-refractivity contribution in [3.05, 3.63) is 35.4 Å². The molecule has 4 nitrogen and oxygen atoms in total. The van der Waals surface area contributed by atoms with E-state index < -0.39 is 22.7 Å². The number of amides is 1. The van der Waals surface area contributed by atoms with Gasteiger partial charge in [-0.1, -0.05) is 12.5 Å². The fraction of sp³-hybridized carbons (Fsp3) is 0.611. The van der Waals surface area contributed by atoms with E-state index in [1.54, 1.807) is 0 Å². The van der Waals surface area contributed by atoms with E-state index in [1.807, 2.05) is 0 Å². The second kappa shape index (κ2) is 6.76. The summed E-state index contributed by atoms with van der Waals surface area (Å²) in [6.45, 7) is 1.30. The lowest BCUT2D eigenvalue weighted by Gasteiger charge is -2.41. The minimum atomic E-state index is -1.12. The SMILES string of the molecule is O=C(NCCC1(O)CCOCC1)C1(c2c(F)cccc2F)CCC1. The molecule has 0 bridgehead atoms.